The number of benzene rings is 2. The highest BCUT2D eigenvalue weighted by atomic mass is 35.5. The third-order valence-electron chi connectivity index (χ3n) is 5.24. The number of hydrogen-bond acceptors (Lipinski definition) is 3. The van der Waals surface area contributed by atoms with Gasteiger partial charge in [0.25, 0.3) is 0 Å². The largest absolute Gasteiger partial charge is 0.342 e. The Morgan fingerprint density at radius 1 is 1.00 bits per heavy atom. The van der Waals surface area contributed by atoms with Crippen molar-refractivity contribution in [2.24, 2.45) is 0 Å². The summed E-state index contributed by atoms with van der Waals surface area (Å²) in [5, 5.41) is 3.64. The Morgan fingerprint density at radius 2 is 1.78 bits per heavy atom. The van der Waals surface area contributed by atoms with Gasteiger partial charge in [0, 0.05) is 37.6 Å². The van der Waals surface area contributed by atoms with Gasteiger partial charge in [-0.25, -0.2) is 0 Å². The quantitative estimate of drug-likeness (QED) is 0.879. The minimum absolute atomic E-state index is 0.0193. The molecule has 0 unspecified atom stereocenters. The molecule has 2 heterocycles. The molecule has 2 fully saturated rings. The molecule has 4 rings (SSSR count). The van der Waals surface area contributed by atoms with Crippen LogP contribution < -0.4 is 5.32 Å². The predicted octanol–water partition coefficient (Wildman–Crippen LogP) is 2.09. The van der Waals surface area contributed by atoms with Crippen LogP contribution in [0.3, 0.4) is 0 Å². The summed E-state index contributed by atoms with van der Waals surface area (Å²) in [7, 11) is 0. The molecule has 2 aliphatic rings. The summed E-state index contributed by atoms with van der Waals surface area (Å²) >= 11 is 6.06. The first-order valence-electron chi connectivity index (χ1n) is 9.22. The van der Waals surface area contributed by atoms with E-state index >= 15 is 0 Å². The van der Waals surface area contributed by atoms with Crippen molar-refractivity contribution in [3.63, 3.8) is 0 Å². The van der Waals surface area contributed by atoms with Gasteiger partial charge in [0.1, 0.15) is 12.1 Å². The van der Waals surface area contributed by atoms with Crippen LogP contribution in [-0.2, 0) is 22.6 Å². The van der Waals surface area contributed by atoms with E-state index in [2.05, 4.69) is 10.2 Å². The number of carbonyl (C=O) groups excluding carboxylic acids is 2. The fourth-order valence-corrected chi connectivity index (χ4v) is 4.10. The lowest BCUT2D eigenvalue weighted by atomic mass is 9.98. The van der Waals surface area contributed by atoms with E-state index in [1.807, 2.05) is 54.6 Å². The normalized spacial score (nSPS) is 23.1. The van der Waals surface area contributed by atoms with Gasteiger partial charge in [-0.05, 0) is 23.3 Å². The smallest absolute Gasteiger partial charge is 0.246 e. The number of rotatable bonds is 4. The van der Waals surface area contributed by atoms with Crippen molar-refractivity contribution in [1.82, 2.24) is 15.1 Å². The van der Waals surface area contributed by atoms with E-state index in [0.717, 1.165) is 24.2 Å². The van der Waals surface area contributed by atoms with Crippen molar-refractivity contribution in [3.8, 4) is 0 Å². The second-order valence-electron chi connectivity index (χ2n) is 7.16. The zero-order chi connectivity index (χ0) is 18.8. The van der Waals surface area contributed by atoms with E-state index in [4.69, 9.17) is 11.6 Å². The van der Waals surface area contributed by atoms with Crippen molar-refractivity contribution in [1.29, 1.82) is 0 Å². The van der Waals surface area contributed by atoms with Gasteiger partial charge in [0.05, 0.1) is 0 Å². The molecule has 0 aromatic heterocycles. The number of carbonyl (C=O) groups is 2. The SMILES string of the molecule is O=C1N[C@@H](Cc2ccccc2)C(=O)N2CCN(Cc3cccc(Cl)c3)C[C@H]12. The van der Waals surface area contributed by atoms with E-state index in [9.17, 15) is 9.59 Å². The van der Waals surface area contributed by atoms with Crippen LogP contribution in [0.15, 0.2) is 54.6 Å². The summed E-state index contributed by atoms with van der Waals surface area (Å²) in [4.78, 5) is 29.5. The van der Waals surface area contributed by atoms with Gasteiger partial charge in [0.2, 0.25) is 11.8 Å². The lowest BCUT2D eigenvalue weighted by molar-refractivity contribution is -0.153. The molecule has 140 valence electrons. The van der Waals surface area contributed by atoms with Crippen LogP contribution in [0.5, 0.6) is 0 Å². The van der Waals surface area contributed by atoms with Crippen LogP contribution >= 0.6 is 11.6 Å². The van der Waals surface area contributed by atoms with E-state index in [1.54, 1.807) is 4.90 Å². The lowest BCUT2D eigenvalue weighted by Gasteiger charge is -2.45. The molecule has 0 saturated carbocycles. The number of fused-ring (bicyclic) bond motifs is 1. The van der Waals surface area contributed by atoms with Crippen molar-refractivity contribution in [2.45, 2.75) is 25.0 Å². The van der Waals surface area contributed by atoms with Crippen LogP contribution in [-0.4, -0.2) is 53.3 Å². The first-order valence-corrected chi connectivity index (χ1v) is 9.59. The van der Waals surface area contributed by atoms with E-state index < -0.39 is 12.1 Å². The van der Waals surface area contributed by atoms with Crippen LogP contribution in [0.1, 0.15) is 11.1 Å². The van der Waals surface area contributed by atoms with Gasteiger partial charge in [-0.3, -0.25) is 14.5 Å². The summed E-state index contributed by atoms with van der Waals surface area (Å²) in [5.74, 6) is -0.0443. The number of nitrogens with zero attached hydrogens (tertiary/aromatic N) is 2. The van der Waals surface area contributed by atoms with Gasteiger partial charge in [-0.15, -0.1) is 0 Å². The maximum absolute atomic E-state index is 12.9. The molecule has 0 bridgehead atoms. The number of hydrogen-bond donors (Lipinski definition) is 1. The van der Waals surface area contributed by atoms with Crippen molar-refractivity contribution in [2.75, 3.05) is 19.6 Å². The van der Waals surface area contributed by atoms with Gasteiger partial charge in [-0.1, -0.05) is 54.1 Å². The maximum atomic E-state index is 12.9. The summed E-state index contributed by atoms with van der Waals surface area (Å²) < 4.78 is 0. The molecular weight excluding hydrogens is 362 g/mol. The van der Waals surface area contributed by atoms with E-state index in [-0.39, 0.29) is 11.8 Å². The Hall–Kier alpha value is -2.37. The van der Waals surface area contributed by atoms with Crippen LogP contribution in [0.4, 0.5) is 0 Å². The molecule has 0 aliphatic carbocycles. The minimum atomic E-state index is -0.476. The first kappa shape index (κ1) is 18.0. The summed E-state index contributed by atoms with van der Waals surface area (Å²) in [6.45, 7) is 2.59. The van der Waals surface area contributed by atoms with Gasteiger partial charge >= 0.3 is 0 Å². The minimum Gasteiger partial charge on any atom is -0.342 e. The number of piperazine rings is 2. The average molecular weight is 384 g/mol. The molecule has 2 aromatic rings. The summed E-state index contributed by atoms with van der Waals surface area (Å²) in [5.41, 5.74) is 2.16. The molecule has 2 amide bonds. The van der Waals surface area contributed by atoms with Gasteiger partial charge in [0.15, 0.2) is 0 Å². The Labute approximate surface area is 163 Å². The fraction of sp³-hybridized carbons (Fsp3) is 0.333. The molecule has 2 aliphatic heterocycles. The first-order chi connectivity index (χ1) is 13.1. The molecule has 0 radical (unpaired) electrons. The summed E-state index contributed by atoms with van der Waals surface area (Å²) in [6, 6.07) is 16.7. The molecular formula is C21H22ClN3O2. The second-order valence-corrected chi connectivity index (χ2v) is 7.60. The fourth-order valence-electron chi connectivity index (χ4n) is 3.88. The van der Waals surface area contributed by atoms with Crippen LogP contribution in [0.2, 0.25) is 5.02 Å². The second kappa shape index (κ2) is 7.71. The number of amides is 2. The highest BCUT2D eigenvalue weighted by Gasteiger charge is 2.43. The Bertz CT molecular complexity index is 842. The van der Waals surface area contributed by atoms with Crippen LogP contribution in [0, 0.1) is 0 Å². The molecule has 1 N–H and O–H groups in total. The molecule has 27 heavy (non-hydrogen) atoms. The molecule has 0 spiro atoms. The van der Waals surface area contributed by atoms with E-state index in [0.29, 0.717) is 24.5 Å². The molecule has 2 atom stereocenters. The zero-order valence-corrected chi connectivity index (χ0v) is 15.7. The average Bonchev–Trinajstić information content (AvgIpc) is 2.67. The molecule has 6 heteroatoms. The van der Waals surface area contributed by atoms with Gasteiger partial charge < -0.3 is 10.2 Å². The molecule has 2 aromatic carbocycles. The Kier molecular flexibility index (Phi) is 5.14. The van der Waals surface area contributed by atoms with Crippen LogP contribution in [0.25, 0.3) is 0 Å². The Morgan fingerprint density at radius 3 is 2.56 bits per heavy atom. The highest BCUT2D eigenvalue weighted by molar-refractivity contribution is 6.30. The van der Waals surface area contributed by atoms with Crippen molar-refractivity contribution < 1.29 is 9.59 Å². The topological polar surface area (TPSA) is 52.7 Å². The lowest BCUT2D eigenvalue weighted by Crippen LogP contribution is -2.69. The predicted molar refractivity (Wildman–Crippen MR) is 104 cm³/mol. The standard InChI is InChI=1S/C21H22ClN3O2/c22-17-8-4-7-16(11-17)13-24-9-10-25-19(14-24)20(26)23-18(21(25)27)12-15-5-2-1-3-6-15/h1-8,11,18-19H,9-10,12-14H2,(H,23,26)/t18-,19+/m0/s1. The van der Waals surface area contributed by atoms with E-state index in [1.165, 1.54) is 0 Å². The van der Waals surface area contributed by atoms with Gasteiger partial charge in [-0.2, -0.15) is 0 Å². The Balaban J connectivity index is 1.42. The monoisotopic (exact) mass is 383 g/mol. The molecule has 5 nitrogen and oxygen atoms in total. The maximum Gasteiger partial charge on any atom is 0.246 e. The number of halogens is 1. The number of nitrogens with one attached hydrogen (secondary N) is 1. The third kappa shape index (κ3) is 3.99. The third-order valence-corrected chi connectivity index (χ3v) is 5.48. The zero-order valence-electron chi connectivity index (χ0n) is 15.0. The summed E-state index contributed by atoms with van der Waals surface area (Å²) in [6.07, 6.45) is 0.529. The van der Waals surface area contributed by atoms with Crippen molar-refractivity contribution >= 4 is 23.4 Å². The molecule has 2 saturated heterocycles. The van der Waals surface area contributed by atoms with Crippen molar-refractivity contribution in [3.05, 3.63) is 70.7 Å². The highest BCUT2D eigenvalue weighted by Crippen LogP contribution is 2.20.